The zero-order chi connectivity index (χ0) is 22.0. The van der Waals surface area contributed by atoms with E-state index in [4.69, 9.17) is 9.15 Å². The average Bonchev–Trinajstić information content (AvgIpc) is 3.08. The lowest BCUT2D eigenvalue weighted by Crippen LogP contribution is -2.21. The molecule has 0 saturated carbocycles. The minimum atomic E-state index is -0.204. The lowest BCUT2D eigenvalue weighted by Gasteiger charge is -2.20. The van der Waals surface area contributed by atoms with Crippen molar-refractivity contribution in [1.82, 2.24) is 9.80 Å². The summed E-state index contributed by atoms with van der Waals surface area (Å²) >= 11 is 0. The molecule has 1 aliphatic heterocycles. The third kappa shape index (κ3) is 4.54. The van der Waals surface area contributed by atoms with Gasteiger partial charge in [0.15, 0.2) is 0 Å². The molecule has 1 aliphatic rings. The van der Waals surface area contributed by atoms with E-state index >= 15 is 0 Å². The topological polar surface area (TPSA) is 63.0 Å². The zero-order valence-corrected chi connectivity index (χ0v) is 18.0. The Morgan fingerprint density at radius 1 is 1.16 bits per heavy atom. The summed E-state index contributed by atoms with van der Waals surface area (Å²) in [5.74, 6) is 0.734. The van der Waals surface area contributed by atoms with Crippen molar-refractivity contribution in [3.63, 3.8) is 0 Å². The molecule has 0 fully saturated rings. The molecule has 1 aromatic heterocycles. The summed E-state index contributed by atoms with van der Waals surface area (Å²) in [7, 11) is 3.43. The van der Waals surface area contributed by atoms with Crippen LogP contribution in [0.1, 0.15) is 45.8 Å². The first-order valence-electron chi connectivity index (χ1n) is 10.3. The van der Waals surface area contributed by atoms with Gasteiger partial charge in [0.05, 0.1) is 6.54 Å². The fourth-order valence-electron chi connectivity index (χ4n) is 3.82. The van der Waals surface area contributed by atoms with Crippen LogP contribution >= 0.6 is 0 Å². The van der Waals surface area contributed by atoms with Gasteiger partial charge in [0.2, 0.25) is 11.2 Å². The molecule has 3 aromatic rings. The van der Waals surface area contributed by atoms with Crippen LogP contribution in [0.3, 0.4) is 0 Å². The second-order valence-corrected chi connectivity index (χ2v) is 8.04. The van der Waals surface area contributed by atoms with E-state index in [1.54, 1.807) is 26.2 Å². The Hall–Kier alpha value is -3.38. The summed E-state index contributed by atoms with van der Waals surface area (Å²) in [5, 5.41) is 0. The number of nitrogens with zero attached hydrogens (tertiary/aromatic N) is 2. The lowest BCUT2D eigenvalue weighted by atomic mass is 10.1. The second-order valence-electron chi connectivity index (χ2n) is 8.04. The molecule has 2 aromatic carbocycles. The maximum Gasteiger partial charge on any atom is 0.253 e. The molecular weight excluding hydrogens is 392 g/mol. The molecule has 0 unspecified atom stereocenters. The molecule has 0 bridgehead atoms. The molecule has 0 aliphatic carbocycles. The maximum atomic E-state index is 12.5. The summed E-state index contributed by atoms with van der Waals surface area (Å²) < 4.78 is 11.3. The summed E-state index contributed by atoms with van der Waals surface area (Å²) in [6, 6.07) is 17.3. The Kier molecular flexibility index (Phi) is 5.91. The molecule has 6 heteroatoms. The van der Waals surface area contributed by atoms with Crippen LogP contribution in [0, 0.1) is 0 Å². The van der Waals surface area contributed by atoms with Crippen LogP contribution in [-0.2, 0) is 19.7 Å². The summed E-state index contributed by atoms with van der Waals surface area (Å²) in [6.07, 6.45) is 1.38. The Labute approximate surface area is 181 Å². The summed E-state index contributed by atoms with van der Waals surface area (Å²) in [5.41, 5.74) is 3.90. The summed E-state index contributed by atoms with van der Waals surface area (Å²) in [6.45, 7) is 3.79. The molecule has 0 radical (unpaired) electrons. The van der Waals surface area contributed by atoms with Gasteiger partial charge in [-0.3, -0.25) is 14.5 Å². The van der Waals surface area contributed by atoms with Gasteiger partial charge in [-0.25, -0.2) is 0 Å². The molecule has 6 nitrogen and oxygen atoms in total. The van der Waals surface area contributed by atoms with Gasteiger partial charge < -0.3 is 14.1 Å². The highest BCUT2D eigenvalue weighted by Gasteiger charge is 2.26. The third-order valence-corrected chi connectivity index (χ3v) is 5.64. The molecule has 1 amide bonds. The van der Waals surface area contributed by atoms with E-state index < -0.39 is 0 Å². The Morgan fingerprint density at radius 3 is 2.58 bits per heavy atom. The van der Waals surface area contributed by atoms with Crippen molar-refractivity contribution in [2.45, 2.75) is 32.7 Å². The number of hydrogen-bond donors (Lipinski definition) is 0. The van der Waals surface area contributed by atoms with Crippen molar-refractivity contribution in [2.24, 2.45) is 0 Å². The van der Waals surface area contributed by atoms with E-state index in [1.807, 2.05) is 12.1 Å². The van der Waals surface area contributed by atoms with Crippen molar-refractivity contribution in [1.29, 1.82) is 0 Å². The number of ether oxygens (including phenoxy) is 1. The number of rotatable bonds is 6. The molecule has 2 heterocycles. The zero-order valence-electron chi connectivity index (χ0n) is 18.0. The van der Waals surface area contributed by atoms with Gasteiger partial charge in [0.25, 0.3) is 5.91 Å². The first-order chi connectivity index (χ1) is 14.9. The lowest BCUT2D eigenvalue weighted by molar-refractivity contribution is 0.0827. The molecular formula is C25H26N2O4. The highest BCUT2D eigenvalue weighted by atomic mass is 16.5. The predicted octanol–water partition coefficient (Wildman–Crippen LogP) is 4.00. The van der Waals surface area contributed by atoms with Crippen LogP contribution in [0.15, 0.2) is 70.1 Å². The van der Waals surface area contributed by atoms with Crippen molar-refractivity contribution < 1.29 is 13.9 Å². The molecule has 1 atom stereocenters. The largest absolute Gasteiger partial charge is 0.482 e. The first-order valence-corrected chi connectivity index (χ1v) is 10.3. The monoisotopic (exact) mass is 418 g/mol. The molecule has 4 rings (SSSR count). The fraction of sp³-hybridized carbons (Fsp3) is 0.280. The van der Waals surface area contributed by atoms with Gasteiger partial charge in [-0.05, 0) is 35.7 Å². The number of carbonyl (C=O) groups excluding carboxylic acids is 1. The molecule has 0 spiro atoms. The fourth-order valence-corrected chi connectivity index (χ4v) is 3.82. The van der Waals surface area contributed by atoms with E-state index in [1.165, 1.54) is 28.4 Å². The molecule has 160 valence electrons. The number of carbonyl (C=O) groups is 1. The number of hydrogen-bond acceptors (Lipinski definition) is 5. The van der Waals surface area contributed by atoms with E-state index in [9.17, 15) is 9.59 Å². The standard InChI is InChI=1S/C25H26N2O4/c1-17-22-7-5-4-6-20(22)13-27(17)14-21-12-23(28)24(16-30-21)31-15-18-8-10-19(11-9-18)25(29)26(2)3/h4-12,16-17H,13-15H2,1-3H3/t17-/m0/s1. The van der Waals surface area contributed by atoms with Crippen LogP contribution in [0.4, 0.5) is 0 Å². The van der Waals surface area contributed by atoms with Crippen molar-refractivity contribution in [3.05, 3.63) is 99.1 Å². The minimum Gasteiger partial charge on any atom is -0.482 e. The highest BCUT2D eigenvalue weighted by Crippen LogP contribution is 2.34. The number of fused-ring (bicyclic) bond motifs is 1. The van der Waals surface area contributed by atoms with Gasteiger partial charge in [-0.15, -0.1) is 0 Å². The maximum absolute atomic E-state index is 12.5. The van der Waals surface area contributed by atoms with E-state index in [0.29, 0.717) is 17.9 Å². The van der Waals surface area contributed by atoms with Crippen LogP contribution in [0.25, 0.3) is 0 Å². The molecule has 0 saturated heterocycles. The van der Waals surface area contributed by atoms with E-state index in [0.717, 1.165) is 12.1 Å². The molecule has 0 N–H and O–H groups in total. The van der Waals surface area contributed by atoms with Crippen LogP contribution < -0.4 is 10.2 Å². The van der Waals surface area contributed by atoms with Crippen LogP contribution in [-0.4, -0.2) is 29.8 Å². The average molecular weight is 418 g/mol. The SMILES string of the molecule is C[C@H]1c2ccccc2CN1Cc1cc(=O)c(OCc2ccc(C(=O)N(C)C)cc2)co1. The first kappa shape index (κ1) is 20.9. The Balaban J connectivity index is 1.37. The number of benzene rings is 2. The van der Waals surface area contributed by atoms with E-state index in [-0.39, 0.29) is 29.7 Å². The molecule has 31 heavy (non-hydrogen) atoms. The third-order valence-electron chi connectivity index (χ3n) is 5.64. The number of amides is 1. The summed E-state index contributed by atoms with van der Waals surface area (Å²) in [4.78, 5) is 28.3. The minimum absolute atomic E-state index is 0.0564. The predicted molar refractivity (Wildman–Crippen MR) is 118 cm³/mol. The second kappa shape index (κ2) is 8.78. The van der Waals surface area contributed by atoms with Gasteiger partial charge in [-0.2, -0.15) is 0 Å². The van der Waals surface area contributed by atoms with Crippen molar-refractivity contribution >= 4 is 5.91 Å². The van der Waals surface area contributed by atoms with E-state index in [2.05, 4.69) is 36.1 Å². The van der Waals surface area contributed by atoms with Crippen LogP contribution in [0.5, 0.6) is 5.75 Å². The van der Waals surface area contributed by atoms with Crippen LogP contribution in [0.2, 0.25) is 0 Å². The Morgan fingerprint density at radius 2 is 1.90 bits per heavy atom. The normalized spacial score (nSPS) is 15.5. The smallest absolute Gasteiger partial charge is 0.253 e. The van der Waals surface area contributed by atoms with Crippen molar-refractivity contribution in [3.8, 4) is 5.75 Å². The van der Waals surface area contributed by atoms with Gasteiger partial charge in [0, 0.05) is 38.3 Å². The van der Waals surface area contributed by atoms with Gasteiger partial charge in [0.1, 0.15) is 18.6 Å². The van der Waals surface area contributed by atoms with Gasteiger partial charge in [-0.1, -0.05) is 36.4 Å². The highest BCUT2D eigenvalue weighted by molar-refractivity contribution is 5.93. The van der Waals surface area contributed by atoms with Crippen molar-refractivity contribution in [2.75, 3.05) is 14.1 Å². The van der Waals surface area contributed by atoms with Gasteiger partial charge >= 0.3 is 0 Å². The quantitative estimate of drug-likeness (QED) is 0.606. The Bertz CT molecular complexity index is 1130.